The van der Waals surface area contributed by atoms with Gasteiger partial charge in [0.15, 0.2) is 0 Å². The highest BCUT2D eigenvalue weighted by Crippen LogP contribution is 2.05. The molecule has 2 rings (SSSR count). The molecule has 1 fully saturated rings. The van der Waals surface area contributed by atoms with Gasteiger partial charge in [0.25, 0.3) is 0 Å². The number of carbonyl (C=O) groups excluding carboxylic acids is 2. The molecule has 0 unspecified atom stereocenters. The molecular formula is C19H30N4O2S. The molecule has 1 N–H and O–H groups in total. The lowest BCUT2D eigenvalue weighted by molar-refractivity contribution is -0.134. The Morgan fingerprint density at radius 3 is 2.42 bits per heavy atom. The van der Waals surface area contributed by atoms with Crippen LogP contribution in [0.25, 0.3) is 0 Å². The highest BCUT2D eigenvalue weighted by Gasteiger charge is 2.26. The SMILES string of the molecule is C[C@H](NC(=O)N(CCS)CCc1ccccc1)C(=O)N1CCN(C)CC1. The van der Waals surface area contributed by atoms with E-state index in [4.69, 9.17) is 0 Å². The van der Waals surface area contributed by atoms with Crippen molar-refractivity contribution in [3.63, 3.8) is 0 Å². The van der Waals surface area contributed by atoms with Crippen LogP contribution in [0.5, 0.6) is 0 Å². The minimum Gasteiger partial charge on any atom is -0.338 e. The number of hydrogen-bond acceptors (Lipinski definition) is 4. The largest absolute Gasteiger partial charge is 0.338 e. The third kappa shape index (κ3) is 6.21. The van der Waals surface area contributed by atoms with E-state index in [9.17, 15) is 9.59 Å². The monoisotopic (exact) mass is 378 g/mol. The van der Waals surface area contributed by atoms with Gasteiger partial charge in [-0.3, -0.25) is 4.79 Å². The molecule has 3 amide bonds. The molecule has 1 aliphatic heterocycles. The summed E-state index contributed by atoms with van der Waals surface area (Å²) < 4.78 is 0. The highest BCUT2D eigenvalue weighted by atomic mass is 32.1. The number of hydrogen-bond donors (Lipinski definition) is 2. The normalized spacial score (nSPS) is 16.2. The molecule has 0 radical (unpaired) electrons. The molecule has 1 aromatic rings. The Bertz CT molecular complexity index is 576. The predicted octanol–water partition coefficient (Wildman–Crippen LogP) is 1.33. The topological polar surface area (TPSA) is 55.9 Å². The molecule has 0 bridgehead atoms. The fourth-order valence-corrected chi connectivity index (χ4v) is 3.22. The Kier molecular flexibility index (Phi) is 8.25. The molecule has 6 nitrogen and oxygen atoms in total. The summed E-state index contributed by atoms with van der Waals surface area (Å²) in [6, 6.07) is 9.35. The summed E-state index contributed by atoms with van der Waals surface area (Å²) in [5.74, 6) is 0.573. The zero-order valence-corrected chi connectivity index (χ0v) is 16.6. The van der Waals surface area contributed by atoms with Crippen LogP contribution in [0.1, 0.15) is 12.5 Å². The summed E-state index contributed by atoms with van der Waals surface area (Å²) in [6.45, 7) is 6.08. The van der Waals surface area contributed by atoms with E-state index in [0.717, 1.165) is 19.5 Å². The van der Waals surface area contributed by atoms with E-state index in [0.29, 0.717) is 31.9 Å². The van der Waals surface area contributed by atoms with E-state index in [-0.39, 0.29) is 11.9 Å². The first kappa shape index (κ1) is 20.6. The van der Waals surface area contributed by atoms with Crippen molar-refractivity contribution >= 4 is 24.6 Å². The zero-order valence-electron chi connectivity index (χ0n) is 15.7. The van der Waals surface area contributed by atoms with Crippen LogP contribution >= 0.6 is 12.6 Å². The summed E-state index contributed by atoms with van der Waals surface area (Å²) in [5.41, 5.74) is 1.19. The lowest BCUT2D eigenvalue weighted by Crippen LogP contribution is -2.55. The Labute approximate surface area is 161 Å². The molecular weight excluding hydrogens is 348 g/mol. The van der Waals surface area contributed by atoms with Crippen molar-refractivity contribution < 1.29 is 9.59 Å². The number of carbonyl (C=O) groups is 2. The van der Waals surface area contributed by atoms with Crippen LogP contribution in [-0.2, 0) is 11.2 Å². The molecule has 0 spiro atoms. The molecule has 1 aliphatic rings. The second kappa shape index (κ2) is 10.4. The minimum absolute atomic E-state index is 0.0136. The maximum absolute atomic E-state index is 12.6. The summed E-state index contributed by atoms with van der Waals surface area (Å²) in [6.07, 6.45) is 0.781. The molecule has 26 heavy (non-hydrogen) atoms. The van der Waals surface area contributed by atoms with Crippen LogP contribution < -0.4 is 5.32 Å². The second-order valence-electron chi connectivity index (χ2n) is 6.75. The number of benzene rings is 1. The van der Waals surface area contributed by atoms with E-state index < -0.39 is 6.04 Å². The number of amides is 3. The molecule has 1 atom stereocenters. The number of urea groups is 1. The molecule has 0 aromatic heterocycles. The van der Waals surface area contributed by atoms with E-state index in [1.807, 2.05) is 23.1 Å². The molecule has 0 aliphatic carbocycles. The van der Waals surface area contributed by atoms with Crippen LogP contribution in [0.15, 0.2) is 30.3 Å². The van der Waals surface area contributed by atoms with Crippen LogP contribution in [-0.4, -0.2) is 84.7 Å². The number of nitrogens with zero attached hydrogens (tertiary/aromatic N) is 3. The lowest BCUT2D eigenvalue weighted by atomic mass is 10.1. The highest BCUT2D eigenvalue weighted by molar-refractivity contribution is 7.80. The quantitative estimate of drug-likeness (QED) is 0.704. The molecule has 0 saturated carbocycles. The molecule has 1 saturated heterocycles. The molecule has 7 heteroatoms. The van der Waals surface area contributed by atoms with Gasteiger partial charge in [0.05, 0.1) is 0 Å². The standard InChI is InChI=1S/C19H30N4O2S/c1-16(18(24)22-12-10-21(2)11-13-22)20-19(25)23(14-15-26)9-8-17-6-4-3-5-7-17/h3-7,16,26H,8-15H2,1-2H3,(H,20,25)/t16-/m0/s1. The Morgan fingerprint density at radius 2 is 1.81 bits per heavy atom. The average molecular weight is 379 g/mol. The summed E-state index contributed by atoms with van der Waals surface area (Å²) in [4.78, 5) is 30.9. The van der Waals surface area contributed by atoms with Crippen molar-refractivity contribution in [3.05, 3.63) is 35.9 Å². The third-order valence-corrected chi connectivity index (χ3v) is 4.90. The number of piperazine rings is 1. The summed E-state index contributed by atoms with van der Waals surface area (Å²) in [5, 5.41) is 2.86. The first-order valence-electron chi connectivity index (χ1n) is 9.19. The van der Waals surface area contributed by atoms with Crippen molar-refractivity contribution in [2.24, 2.45) is 0 Å². The molecule has 1 heterocycles. The maximum Gasteiger partial charge on any atom is 0.318 e. The summed E-state index contributed by atoms with van der Waals surface area (Å²) in [7, 11) is 2.05. The van der Waals surface area contributed by atoms with Gasteiger partial charge in [0.2, 0.25) is 5.91 Å². The third-order valence-electron chi connectivity index (χ3n) is 4.70. The first-order valence-corrected chi connectivity index (χ1v) is 9.82. The van der Waals surface area contributed by atoms with Crippen molar-refractivity contribution in [1.29, 1.82) is 0 Å². The predicted molar refractivity (Wildman–Crippen MR) is 108 cm³/mol. The average Bonchev–Trinajstić information content (AvgIpc) is 2.65. The molecule has 1 aromatic carbocycles. The summed E-state index contributed by atoms with van der Waals surface area (Å²) >= 11 is 4.26. The van der Waals surface area contributed by atoms with Gasteiger partial charge in [-0.1, -0.05) is 30.3 Å². The Hall–Kier alpha value is -1.73. The second-order valence-corrected chi connectivity index (χ2v) is 7.19. The van der Waals surface area contributed by atoms with Gasteiger partial charge in [-0.25, -0.2) is 4.79 Å². The van der Waals surface area contributed by atoms with Crippen molar-refractivity contribution in [3.8, 4) is 0 Å². The van der Waals surface area contributed by atoms with E-state index in [2.05, 4.69) is 42.0 Å². The number of rotatable bonds is 7. The zero-order chi connectivity index (χ0) is 18.9. The first-order chi connectivity index (χ1) is 12.5. The van der Waals surface area contributed by atoms with Crippen LogP contribution in [0.3, 0.4) is 0 Å². The molecule has 144 valence electrons. The van der Waals surface area contributed by atoms with Gasteiger partial charge < -0.3 is 20.0 Å². The Morgan fingerprint density at radius 1 is 1.15 bits per heavy atom. The fourth-order valence-electron chi connectivity index (χ4n) is 2.98. The van der Waals surface area contributed by atoms with Crippen LogP contribution in [0.4, 0.5) is 4.79 Å². The smallest absolute Gasteiger partial charge is 0.318 e. The van der Waals surface area contributed by atoms with Gasteiger partial charge in [0, 0.05) is 45.0 Å². The van der Waals surface area contributed by atoms with Gasteiger partial charge in [-0.2, -0.15) is 12.6 Å². The van der Waals surface area contributed by atoms with E-state index >= 15 is 0 Å². The number of nitrogens with one attached hydrogen (secondary N) is 1. The van der Waals surface area contributed by atoms with Gasteiger partial charge in [-0.05, 0) is 26.0 Å². The van der Waals surface area contributed by atoms with Crippen molar-refractivity contribution in [1.82, 2.24) is 20.0 Å². The van der Waals surface area contributed by atoms with Gasteiger partial charge in [0.1, 0.15) is 6.04 Å². The van der Waals surface area contributed by atoms with Crippen molar-refractivity contribution in [2.75, 3.05) is 52.1 Å². The van der Waals surface area contributed by atoms with Gasteiger partial charge in [-0.15, -0.1) is 0 Å². The fraction of sp³-hybridized carbons (Fsp3) is 0.579. The lowest BCUT2D eigenvalue weighted by Gasteiger charge is -2.34. The van der Waals surface area contributed by atoms with Crippen molar-refractivity contribution in [2.45, 2.75) is 19.4 Å². The minimum atomic E-state index is -0.523. The van der Waals surface area contributed by atoms with E-state index in [1.54, 1.807) is 11.8 Å². The van der Waals surface area contributed by atoms with Crippen LogP contribution in [0.2, 0.25) is 0 Å². The van der Waals surface area contributed by atoms with Crippen LogP contribution in [0, 0.1) is 0 Å². The number of thiol groups is 1. The number of likely N-dealkylation sites (N-methyl/N-ethyl adjacent to an activating group) is 1. The Balaban J connectivity index is 1.86. The van der Waals surface area contributed by atoms with Gasteiger partial charge >= 0.3 is 6.03 Å². The van der Waals surface area contributed by atoms with E-state index in [1.165, 1.54) is 5.56 Å². The maximum atomic E-state index is 12.6.